The summed E-state index contributed by atoms with van der Waals surface area (Å²) in [6.07, 6.45) is 1.37. The Bertz CT molecular complexity index is 997. The second kappa shape index (κ2) is 8.70. The van der Waals surface area contributed by atoms with Crippen molar-refractivity contribution in [3.8, 4) is 22.6 Å². The van der Waals surface area contributed by atoms with Crippen LogP contribution in [0.15, 0.2) is 53.9 Å². The highest BCUT2D eigenvalue weighted by atomic mass is 32.1. The highest BCUT2D eigenvalue weighted by molar-refractivity contribution is 7.11. The highest BCUT2D eigenvalue weighted by Gasteiger charge is 2.31. The van der Waals surface area contributed by atoms with Gasteiger partial charge in [-0.05, 0) is 36.6 Å². The number of rotatable bonds is 7. The fourth-order valence-corrected chi connectivity index (χ4v) is 4.83. The third kappa shape index (κ3) is 4.01. The van der Waals surface area contributed by atoms with Gasteiger partial charge in [0.25, 0.3) is 0 Å². The van der Waals surface area contributed by atoms with Gasteiger partial charge in [-0.3, -0.25) is 4.79 Å². The first-order valence-corrected chi connectivity index (χ1v) is 10.9. The molecule has 4 nitrogen and oxygen atoms in total. The number of hydrogen-bond acceptors (Lipinski definition) is 4. The highest BCUT2D eigenvalue weighted by Crippen LogP contribution is 2.47. The van der Waals surface area contributed by atoms with Gasteiger partial charge in [0, 0.05) is 28.2 Å². The van der Waals surface area contributed by atoms with Crippen molar-refractivity contribution in [2.45, 2.75) is 32.6 Å². The zero-order valence-corrected chi connectivity index (χ0v) is 17.6. The molecule has 1 aromatic heterocycles. The number of carbonyl (C=O) groups excluding carboxylic acids is 1. The first-order valence-electron chi connectivity index (χ1n) is 10.1. The summed E-state index contributed by atoms with van der Waals surface area (Å²) in [6.45, 7) is 5.27. The molecule has 1 aliphatic rings. The lowest BCUT2D eigenvalue weighted by atomic mass is 9.89. The first kappa shape index (κ1) is 19.5. The van der Waals surface area contributed by atoms with Crippen LogP contribution in [0, 0.1) is 0 Å². The van der Waals surface area contributed by atoms with E-state index in [1.165, 1.54) is 4.88 Å². The van der Waals surface area contributed by atoms with Gasteiger partial charge in [0.2, 0.25) is 5.91 Å². The number of benzene rings is 2. The Morgan fingerprint density at radius 3 is 2.66 bits per heavy atom. The molecule has 0 aliphatic carbocycles. The van der Waals surface area contributed by atoms with Crippen LogP contribution in [0.1, 0.15) is 43.0 Å². The van der Waals surface area contributed by atoms with Gasteiger partial charge in [-0.2, -0.15) is 0 Å². The van der Waals surface area contributed by atoms with Crippen LogP contribution in [0.5, 0.6) is 11.5 Å². The molecular weight excluding hydrogens is 382 g/mol. The van der Waals surface area contributed by atoms with Crippen LogP contribution >= 0.6 is 11.3 Å². The van der Waals surface area contributed by atoms with Crippen LogP contribution in [0.3, 0.4) is 0 Å². The zero-order chi connectivity index (χ0) is 20.2. The zero-order valence-electron chi connectivity index (χ0n) is 16.7. The summed E-state index contributed by atoms with van der Waals surface area (Å²) in [6, 6.07) is 16.2. The van der Waals surface area contributed by atoms with Gasteiger partial charge in [0.05, 0.1) is 18.9 Å². The fraction of sp³-hybridized carbons (Fsp3) is 0.292. The van der Waals surface area contributed by atoms with E-state index in [4.69, 9.17) is 9.47 Å². The summed E-state index contributed by atoms with van der Waals surface area (Å²) >= 11 is 1.70. The molecule has 5 heteroatoms. The van der Waals surface area contributed by atoms with Crippen LogP contribution in [0.2, 0.25) is 0 Å². The number of carbonyl (C=O) groups is 1. The van der Waals surface area contributed by atoms with Gasteiger partial charge >= 0.3 is 0 Å². The Morgan fingerprint density at radius 2 is 1.90 bits per heavy atom. The number of thiophene rings is 1. The van der Waals surface area contributed by atoms with Gasteiger partial charge in [-0.25, -0.2) is 0 Å². The van der Waals surface area contributed by atoms with Crippen LogP contribution in [-0.2, 0) is 4.79 Å². The van der Waals surface area contributed by atoms with Crippen molar-refractivity contribution in [2.75, 3.05) is 18.5 Å². The number of fused-ring (bicyclic) bond motifs is 1. The topological polar surface area (TPSA) is 47.6 Å². The third-order valence-corrected chi connectivity index (χ3v) is 6.10. The Balaban J connectivity index is 1.73. The molecule has 0 radical (unpaired) electrons. The van der Waals surface area contributed by atoms with E-state index in [-0.39, 0.29) is 11.8 Å². The maximum Gasteiger partial charge on any atom is 0.225 e. The minimum atomic E-state index is 0.0145. The van der Waals surface area contributed by atoms with Gasteiger partial charge in [0.1, 0.15) is 0 Å². The molecule has 0 unspecified atom stereocenters. The molecule has 0 fully saturated rings. The first-order chi connectivity index (χ1) is 14.2. The summed E-state index contributed by atoms with van der Waals surface area (Å²) in [5.74, 6) is 1.56. The van der Waals surface area contributed by atoms with Crippen molar-refractivity contribution < 1.29 is 14.3 Å². The minimum absolute atomic E-state index is 0.0145. The Hall–Kier alpha value is -2.79. The molecule has 0 saturated heterocycles. The SMILES string of the molecule is CCCOc1ccc([C@H]2CC(=O)Nc3c(-c4ccccc4)csc32)cc1OCC. The van der Waals surface area contributed by atoms with E-state index in [0.29, 0.717) is 19.6 Å². The Labute approximate surface area is 175 Å². The van der Waals surface area contributed by atoms with Gasteiger partial charge in [-0.1, -0.05) is 43.3 Å². The lowest BCUT2D eigenvalue weighted by Crippen LogP contribution is -2.22. The third-order valence-electron chi connectivity index (χ3n) is 5.01. The molecule has 2 aromatic carbocycles. The Morgan fingerprint density at radius 1 is 1.07 bits per heavy atom. The largest absolute Gasteiger partial charge is 0.490 e. The lowest BCUT2D eigenvalue weighted by molar-refractivity contribution is -0.116. The smallest absolute Gasteiger partial charge is 0.225 e. The van der Waals surface area contributed by atoms with Crippen molar-refractivity contribution in [3.63, 3.8) is 0 Å². The molecular formula is C24H25NO3S. The number of hydrogen-bond donors (Lipinski definition) is 1. The molecule has 1 N–H and O–H groups in total. The van der Waals surface area contributed by atoms with E-state index >= 15 is 0 Å². The minimum Gasteiger partial charge on any atom is -0.490 e. The van der Waals surface area contributed by atoms with Crippen LogP contribution in [-0.4, -0.2) is 19.1 Å². The molecule has 3 aromatic rings. The van der Waals surface area contributed by atoms with E-state index in [1.807, 2.05) is 37.3 Å². The summed E-state index contributed by atoms with van der Waals surface area (Å²) in [4.78, 5) is 13.7. The fourth-order valence-electron chi connectivity index (χ4n) is 3.67. The molecule has 0 saturated carbocycles. The van der Waals surface area contributed by atoms with Crippen LogP contribution in [0.4, 0.5) is 5.69 Å². The van der Waals surface area contributed by atoms with Crippen molar-refractivity contribution in [3.05, 3.63) is 64.4 Å². The summed E-state index contributed by atoms with van der Waals surface area (Å²) in [7, 11) is 0. The molecule has 0 bridgehead atoms. The standard InChI is InChI=1S/C24H25NO3S/c1-3-12-28-20-11-10-17(13-21(20)27-4-2)18-14-22(26)25-23-19(15-29-24(18)23)16-8-6-5-7-9-16/h5-11,13,15,18H,3-4,12,14H2,1-2H3,(H,25,26)/t18-/m1/s1. The normalized spacial score (nSPS) is 15.5. The molecule has 4 rings (SSSR count). The molecule has 29 heavy (non-hydrogen) atoms. The van der Waals surface area contributed by atoms with Crippen LogP contribution < -0.4 is 14.8 Å². The van der Waals surface area contributed by atoms with Crippen molar-refractivity contribution in [2.24, 2.45) is 0 Å². The molecule has 150 valence electrons. The average Bonchev–Trinajstić information content (AvgIpc) is 3.17. The van der Waals surface area contributed by atoms with E-state index in [1.54, 1.807) is 11.3 Å². The van der Waals surface area contributed by atoms with Crippen molar-refractivity contribution >= 4 is 22.9 Å². The van der Waals surface area contributed by atoms with E-state index < -0.39 is 0 Å². The van der Waals surface area contributed by atoms with E-state index in [0.717, 1.165) is 40.3 Å². The number of nitrogens with one attached hydrogen (secondary N) is 1. The Kier molecular flexibility index (Phi) is 5.86. The molecule has 0 spiro atoms. The molecule has 1 atom stereocenters. The number of amides is 1. The maximum atomic E-state index is 12.5. The van der Waals surface area contributed by atoms with Crippen LogP contribution in [0.25, 0.3) is 11.1 Å². The van der Waals surface area contributed by atoms with Gasteiger partial charge in [0.15, 0.2) is 11.5 Å². The maximum absolute atomic E-state index is 12.5. The van der Waals surface area contributed by atoms with E-state index in [2.05, 4.69) is 35.8 Å². The summed E-state index contributed by atoms with van der Waals surface area (Å²) < 4.78 is 11.7. The molecule has 1 aliphatic heterocycles. The van der Waals surface area contributed by atoms with Gasteiger partial charge in [-0.15, -0.1) is 11.3 Å². The summed E-state index contributed by atoms with van der Waals surface area (Å²) in [5.41, 5.74) is 4.21. The van der Waals surface area contributed by atoms with Gasteiger partial charge < -0.3 is 14.8 Å². The molecule has 1 amide bonds. The predicted octanol–water partition coefficient (Wildman–Crippen LogP) is 6.08. The number of ether oxygens (including phenoxy) is 2. The van der Waals surface area contributed by atoms with E-state index in [9.17, 15) is 4.79 Å². The summed E-state index contributed by atoms with van der Waals surface area (Å²) in [5, 5.41) is 5.24. The second-order valence-electron chi connectivity index (χ2n) is 7.05. The van der Waals surface area contributed by atoms with Crippen molar-refractivity contribution in [1.29, 1.82) is 0 Å². The average molecular weight is 408 g/mol. The second-order valence-corrected chi connectivity index (χ2v) is 7.96. The van der Waals surface area contributed by atoms with Crippen molar-refractivity contribution in [1.82, 2.24) is 0 Å². The molecule has 2 heterocycles. The monoisotopic (exact) mass is 407 g/mol. The lowest BCUT2D eigenvalue weighted by Gasteiger charge is -2.25. The number of anilines is 1. The quantitative estimate of drug-likeness (QED) is 0.516. The predicted molar refractivity (Wildman–Crippen MR) is 118 cm³/mol.